The summed E-state index contributed by atoms with van der Waals surface area (Å²) in [6.07, 6.45) is 1.39. The number of H-pyrrole nitrogens is 1. The van der Waals surface area contributed by atoms with Crippen LogP contribution in [0, 0.1) is 5.82 Å². The van der Waals surface area contributed by atoms with Crippen LogP contribution >= 0.6 is 0 Å². The van der Waals surface area contributed by atoms with Crippen molar-refractivity contribution < 1.29 is 23.6 Å². The highest BCUT2D eigenvalue weighted by Gasteiger charge is 2.32. The van der Waals surface area contributed by atoms with Crippen LogP contribution in [0.4, 0.5) is 4.39 Å². The van der Waals surface area contributed by atoms with Gasteiger partial charge in [0.25, 0.3) is 17.4 Å². The normalized spacial score (nSPS) is 14.4. The summed E-state index contributed by atoms with van der Waals surface area (Å²) in [6.45, 7) is 0.0986. The Morgan fingerprint density at radius 3 is 2.48 bits per heavy atom. The van der Waals surface area contributed by atoms with Gasteiger partial charge in [0, 0.05) is 25.8 Å². The summed E-state index contributed by atoms with van der Waals surface area (Å²) >= 11 is 0. The molecule has 2 rings (SSSR count). The first kappa shape index (κ1) is 16.6. The van der Waals surface area contributed by atoms with Gasteiger partial charge in [0.05, 0.1) is 6.20 Å². The number of hydroxylamine groups is 2. The minimum Gasteiger partial charge on any atom is -0.330 e. The summed E-state index contributed by atoms with van der Waals surface area (Å²) in [7, 11) is 0. The van der Waals surface area contributed by atoms with Crippen molar-refractivity contribution in [3.05, 3.63) is 32.9 Å². The zero-order valence-electron chi connectivity index (χ0n) is 12.0. The maximum Gasteiger partial charge on any atom is 0.333 e. The van der Waals surface area contributed by atoms with Crippen LogP contribution in [0.2, 0.25) is 0 Å². The van der Waals surface area contributed by atoms with Crippen LogP contribution in [0.25, 0.3) is 0 Å². The fraction of sp³-hybridized carbons (Fsp3) is 0.462. The van der Waals surface area contributed by atoms with E-state index < -0.39 is 34.8 Å². The van der Waals surface area contributed by atoms with Gasteiger partial charge in [0.15, 0.2) is 0 Å². The van der Waals surface area contributed by atoms with Gasteiger partial charge in [-0.15, -0.1) is 5.06 Å². The van der Waals surface area contributed by atoms with E-state index in [1.54, 1.807) is 0 Å². The van der Waals surface area contributed by atoms with Crippen LogP contribution < -0.4 is 11.2 Å². The Labute approximate surface area is 128 Å². The molecule has 0 radical (unpaired) electrons. The quantitative estimate of drug-likeness (QED) is 0.553. The Morgan fingerprint density at radius 1 is 1.17 bits per heavy atom. The van der Waals surface area contributed by atoms with Gasteiger partial charge in [-0.2, -0.15) is 4.39 Å². The summed E-state index contributed by atoms with van der Waals surface area (Å²) in [6, 6.07) is 0. The van der Waals surface area contributed by atoms with E-state index in [2.05, 4.69) is 4.84 Å². The average Bonchev–Trinajstić information content (AvgIpc) is 2.80. The lowest BCUT2D eigenvalue weighted by atomic mass is 10.2. The summed E-state index contributed by atoms with van der Waals surface area (Å²) in [5.41, 5.74) is -1.83. The average molecular weight is 327 g/mol. The summed E-state index contributed by atoms with van der Waals surface area (Å²) in [5.74, 6) is -2.93. The molecule has 1 aromatic rings. The van der Waals surface area contributed by atoms with Crippen molar-refractivity contribution in [2.45, 2.75) is 38.6 Å². The molecule has 2 amide bonds. The summed E-state index contributed by atoms with van der Waals surface area (Å²) in [4.78, 5) is 62.8. The van der Waals surface area contributed by atoms with Gasteiger partial charge in [-0.1, -0.05) is 0 Å². The van der Waals surface area contributed by atoms with Crippen molar-refractivity contribution in [1.82, 2.24) is 14.6 Å². The molecule has 9 nitrogen and oxygen atoms in total. The molecule has 0 bridgehead atoms. The maximum atomic E-state index is 13.1. The largest absolute Gasteiger partial charge is 0.333 e. The molecular weight excluding hydrogens is 313 g/mol. The fourth-order valence-electron chi connectivity index (χ4n) is 2.01. The second kappa shape index (κ2) is 6.99. The number of nitrogens with one attached hydrogen (secondary N) is 1. The number of hydrogen-bond donors (Lipinski definition) is 1. The highest BCUT2D eigenvalue weighted by atomic mass is 19.1. The van der Waals surface area contributed by atoms with Crippen molar-refractivity contribution in [1.29, 1.82) is 0 Å². The zero-order chi connectivity index (χ0) is 17.0. The van der Waals surface area contributed by atoms with E-state index in [1.807, 2.05) is 4.98 Å². The Balaban J connectivity index is 1.77. The van der Waals surface area contributed by atoms with Crippen molar-refractivity contribution in [3.8, 4) is 0 Å². The predicted octanol–water partition coefficient (Wildman–Crippen LogP) is -0.547. The molecule has 1 N–H and O–H groups in total. The van der Waals surface area contributed by atoms with E-state index in [4.69, 9.17) is 0 Å². The minimum absolute atomic E-state index is 0.0206. The number of imide groups is 1. The number of hydrogen-bond acceptors (Lipinski definition) is 6. The third-order valence-corrected chi connectivity index (χ3v) is 3.20. The van der Waals surface area contributed by atoms with E-state index in [1.165, 1.54) is 0 Å². The van der Waals surface area contributed by atoms with E-state index in [9.17, 15) is 28.4 Å². The van der Waals surface area contributed by atoms with Gasteiger partial charge in [0.2, 0.25) is 5.82 Å². The molecule has 0 spiro atoms. The number of aromatic amines is 1. The van der Waals surface area contributed by atoms with Gasteiger partial charge >= 0.3 is 11.7 Å². The molecule has 124 valence electrons. The van der Waals surface area contributed by atoms with E-state index in [0.717, 1.165) is 10.8 Å². The smallest absolute Gasteiger partial charge is 0.330 e. The lowest BCUT2D eigenvalue weighted by Gasteiger charge is -2.12. The molecule has 23 heavy (non-hydrogen) atoms. The van der Waals surface area contributed by atoms with Crippen molar-refractivity contribution >= 4 is 17.8 Å². The van der Waals surface area contributed by atoms with Gasteiger partial charge in [-0.05, 0) is 12.8 Å². The lowest BCUT2D eigenvalue weighted by molar-refractivity contribution is -0.197. The number of carbonyl (C=O) groups is 3. The number of unbranched alkanes of at least 4 members (excludes halogenated alkanes) is 1. The Morgan fingerprint density at radius 2 is 1.83 bits per heavy atom. The van der Waals surface area contributed by atoms with Crippen LogP contribution in [0.3, 0.4) is 0 Å². The zero-order valence-corrected chi connectivity index (χ0v) is 12.0. The SMILES string of the molecule is O=C(CCCCn1cc(F)c(=O)[nH]c1=O)ON1C(=O)CCC1=O. The van der Waals surface area contributed by atoms with E-state index in [-0.39, 0.29) is 25.8 Å². The molecule has 2 heterocycles. The number of amides is 2. The van der Waals surface area contributed by atoms with Crippen LogP contribution in [-0.2, 0) is 25.8 Å². The number of aryl methyl sites for hydroxylation is 1. The standard InChI is InChI=1S/C13H14FN3O6/c14-8-7-16(13(22)15-12(8)21)6-2-1-3-11(20)23-17-9(18)4-5-10(17)19/h7H,1-6H2,(H,15,21,22). The first-order valence-corrected chi connectivity index (χ1v) is 6.94. The predicted molar refractivity (Wildman–Crippen MR) is 72.3 cm³/mol. The molecular formula is C13H14FN3O6. The minimum atomic E-state index is -1.09. The lowest BCUT2D eigenvalue weighted by Crippen LogP contribution is -2.32. The number of aromatic nitrogens is 2. The van der Waals surface area contributed by atoms with Crippen molar-refractivity contribution in [2.24, 2.45) is 0 Å². The third kappa shape index (κ3) is 4.11. The van der Waals surface area contributed by atoms with Gasteiger partial charge in [-0.25, -0.2) is 9.59 Å². The summed E-state index contributed by atoms with van der Waals surface area (Å²) in [5, 5.41) is 0.462. The molecule has 0 aliphatic carbocycles. The number of halogens is 1. The number of carbonyl (C=O) groups excluding carboxylic acids is 3. The van der Waals surface area contributed by atoms with Crippen LogP contribution in [-0.4, -0.2) is 32.4 Å². The number of nitrogens with zero attached hydrogens (tertiary/aromatic N) is 2. The Hall–Kier alpha value is -2.78. The molecule has 1 aromatic heterocycles. The molecule has 10 heteroatoms. The Kier molecular flexibility index (Phi) is 5.04. The van der Waals surface area contributed by atoms with E-state index >= 15 is 0 Å². The van der Waals surface area contributed by atoms with Crippen molar-refractivity contribution in [3.63, 3.8) is 0 Å². The fourth-order valence-corrected chi connectivity index (χ4v) is 2.01. The molecule has 1 saturated heterocycles. The molecule has 0 unspecified atom stereocenters. The van der Waals surface area contributed by atoms with E-state index in [0.29, 0.717) is 17.9 Å². The molecule has 0 atom stereocenters. The monoisotopic (exact) mass is 327 g/mol. The second-order valence-corrected chi connectivity index (χ2v) is 4.93. The third-order valence-electron chi connectivity index (χ3n) is 3.20. The number of rotatable bonds is 6. The Bertz CT molecular complexity index is 737. The topological polar surface area (TPSA) is 119 Å². The van der Waals surface area contributed by atoms with Gasteiger partial charge in [-0.3, -0.25) is 23.9 Å². The molecule has 0 saturated carbocycles. The first-order valence-electron chi connectivity index (χ1n) is 6.94. The van der Waals surface area contributed by atoms with Crippen LogP contribution in [0.1, 0.15) is 32.1 Å². The first-order chi connectivity index (χ1) is 10.9. The molecule has 1 aliphatic rings. The summed E-state index contributed by atoms with van der Waals surface area (Å²) < 4.78 is 14.0. The highest BCUT2D eigenvalue weighted by Crippen LogP contribution is 2.13. The molecule has 0 aromatic carbocycles. The van der Waals surface area contributed by atoms with Crippen LogP contribution in [0.5, 0.6) is 0 Å². The van der Waals surface area contributed by atoms with Gasteiger partial charge in [0.1, 0.15) is 0 Å². The maximum absolute atomic E-state index is 13.1. The second-order valence-electron chi connectivity index (χ2n) is 4.93. The van der Waals surface area contributed by atoms with Crippen LogP contribution in [0.15, 0.2) is 15.8 Å². The van der Waals surface area contributed by atoms with Gasteiger partial charge < -0.3 is 4.84 Å². The molecule has 1 aliphatic heterocycles. The molecule has 1 fully saturated rings. The van der Waals surface area contributed by atoms with Crippen molar-refractivity contribution in [2.75, 3.05) is 0 Å². The highest BCUT2D eigenvalue weighted by molar-refractivity contribution is 6.01.